The number of nitrogens with zero attached hydrogens (tertiary/aromatic N) is 3. The van der Waals surface area contributed by atoms with E-state index in [0.717, 1.165) is 31.0 Å². The van der Waals surface area contributed by atoms with Crippen LogP contribution in [0.4, 0.5) is 5.82 Å². The van der Waals surface area contributed by atoms with Crippen LogP contribution in [0.3, 0.4) is 0 Å². The minimum atomic E-state index is 0.544. The van der Waals surface area contributed by atoms with E-state index in [4.69, 9.17) is 0 Å². The van der Waals surface area contributed by atoms with Crippen LogP contribution in [0.15, 0.2) is 12.1 Å². The number of aromatic nitrogens is 2. The van der Waals surface area contributed by atoms with Crippen molar-refractivity contribution in [2.75, 3.05) is 24.5 Å². The highest BCUT2D eigenvalue weighted by Crippen LogP contribution is 2.14. The second-order valence-electron chi connectivity index (χ2n) is 4.86. The molecule has 0 aliphatic carbocycles. The van der Waals surface area contributed by atoms with E-state index in [0.29, 0.717) is 12.0 Å². The molecule has 4 nitrogen and oxygen atoms in total. The van der Waals surface area contributed by atoms with Crippen LogP contribution in [-0.4, -0.2) is 43.2 Å². The molecule has 1 saturated heterocycles. The zero-order valence-electron chi connectivity index (χ0n) is 10.8. The minimum Gasteiger partial charge on any atom is -0.352 e. The Bertz CT molecular complexity index is 352. The zero-order valence-corrected chi connectivity index (χ0v) is 10.8. The molecule has 2 heterocycles. The summed E-state index contributed by atoms with van der Waals surface area (Å²) in [6.45, 7) is 9.52. The lowest BCUT2D eigenvalue weighted by molar-refractivity contribution is 0.367. The SMILES string of the molecule is C[B]c1ccc(N2CCNC(C(C)C)C2)nn1. The van der Waals surface area contributed by atoms with Gasteiger partial charge in [-0.2, -0.15) is 5.10 Å². The Morgan fingerprint density at radius 3 is 2.82 bits per heavy atom. The fourth-order valence-electron chi connectivity index (χ4n) is 2.09. The molecule has 1 aliphatic rings. The number of hydrogen-bond acceptors (Lipinski definition) is 4. The van der Waals surface area contributed by atoms with Gasteiger partial charge >= 0.3 is 0 Å². The number of anilines is 1. The van der Waals surface area contributed by atoms with Gasteiger partial charge in [0.2, 0.25) is 0 Å². The van der Waals surface area contributed by atoms with Gasteiger partial charge in [-0.15, -0.1) is 5.10 Å². The Kier molecular flexibility index (Phi) is 4.00. The summed E-state index contributed by atoms with van der Waals surface area (Å²) in [7, 11) is 1.96. The van der Waals surface area contributed by atoms with Crippen molar-refractivity contribution in [2.24, 2.45) is 5.92 Å². The van der Waals surface area contributed by atoms with Crippen molar-refractivity contribution in [3.8, 4) is 0 Å². The Balaban J connectivity index is 2.05. The normalized spacial score (nSPS) is 20.7. The quantitative estimate of drug-likeness (QED) is 0.759. The molecule has 1 aromatic rings. The van der Waals surface area contributed by atoms with Gasteiger partial charge in [0.25, 0.3) is 0 Å². The molecule has 17 heavy (non-hydrogen) atoms. The van der Waals surface area contributed by atoms with Gasteiger partial charge in [-0.05, 0) is 18.1 Å². The van der Waals surface area contributed by atoms with E-state index in [1.807, 2.05) is 20.2 Å². The van der Waals surface area contributed by atoms with Crippen LogP contribution in [0.5, 0.6) is 0 Å². The maximum absolute atomic E-state index is 4.28. The molecule has 0 spiro atoms. The number of piperazine rings is 1. The van der Waals surface area contributed by atoms with Gasteiger partial charge in [-0.25, -0.2) is 0 Å². The van der Waals surface area contributed by atoms with Gasteiger partial charge in [0.1, 0.15) is 0 Å². The standard InChI is InChI=1S/C12H20BN4/c1-9(2)10-8-17(7-6-14-10)12-5-4-11(13-3)15-16-12/h4-5,9-10,14H,6-8H2,1-3H3. The van der Waals surface area contributed by atoms with Crippen LogP contribution in [-0.2, 0) is 0 Å². The molecule has 1 aliphatic heterocycles. The van der Waals surface area contributed by atoms with Crippen molar-refractivity contribution >= 4 is 18.7 Å². The lowest BCUT2D eigenvalue weighted by Gasteiger charge is -2.36. The molecule has 2 rings (SSSR count). The summed E-state index contributed by atoms with van der Waals surface area (Å²) in [6, 6.07) is 4.63. The van der Waals surface area contributed by atoms with Crippen molar-refractivity contribution in [1.82, 2.24) is 15.5 Å². The smallest absolute Gasteiger partial charge is 0.176 e. The van der Waals surface area contributed by atoms with Crippen LogP contribution >= 0.6 is 0 Å². The highest BCUT2D eigenvalue weighted by molar-refractivity contribution is 6.50. The molecule has 0 aromatic carbocycles. The minimum absolute atomic E-state index is 0.544. The monoisotopic (exact) mass is 231 g/mol. The number of nitrogens with one attached hydrogen (secondary N) is 1. The predicted molar refractivity (Wildman–Crippen MR) is 72.1 cm³/mol. The van der Waals surface area contributed by atoms with Gasteiger partial charge < -0.3 is 10.2 Å². The van der Waals surface area contributed by atoms with Crippen LogP contribution in [0, 0.1) is 5.92 Å². The summed E-state index contributed by atoms with van der Waals surface area (Å²) < 4.78 is 0. The van der Waals surface area contributed by atoms with Gasteiger partial charge in [0.15, 0.2) is 13.1 Å². The molecule has 0 amide bonds. The fraction of sp³-hybridized carbons (Fsp3) is 0.667. The molecule has 1 radical (unpaired) electrons. The van der Waals surface area contributed by atoms with Gasteiger partial charge in [0.05, 0.1) is 0 Å². The maximum atomic E-state index is 4.28. The largest absolute Gasteiger partial charge is 0.352 e. The third kappa shape index (κ3) is 2.97. The predicted octanol–water partition coefficient (Wildman–Crippen LogP) is 0.288. The molecule has 1 aromatic heterocycles. The summed E-state index contributed by atoms with van der Waals surface area (Å²) in [6.07, 6.45) is 0. The van der Waals surface area contributed by atoms with Crippen molar-refractivity contribution in [2.45, 2.75) is 26.7 Å². The first kappa shape index (κ1) is 12.4. The Morgan fingerprint density at radius 1 is 1.41 bits per heavy atom. The summed E-state index contributed by atoms with van der Waals surface area (Å²) in [4.78, 5) is 2.31. The van der Waals surface area contributed by atoms with Crippen LogP contribution in [0.25, 0.3) is 0 Å². The summed E-state index contributed by atoms with van der Waals surface area (Å²) in [5.41, 5.74) is 0.935. The molecule has 91 valence electrons. The van der Waals surface area contributed by atoms with Crippen LogP contribution in [0.1, 0.15) is 13.8 Å². The van der Waals surface area contributed by atoms with E-state index in [1.54, 1.807) is 0 Å². The topological polar surface area (TPSA) is 41.0 Å². The molecule has 0 bridgehead atoms. The molecule has 0 saturated carbocycles. The van der Waals surface area contributed by atoms with E-state index in [-0.39, 0.29) is 0 Å². The number of rotatable bonds is 3. The third-order valence-corrected chi connectivity index (χ3v) is 3.30. The maximum Gasteiger partial charge on any atom is 0.176 e. The van der Waals surface area contributed by atoms with Crippen LogP contribution in [0.2, 0.25) is 6.82 Å². The average Bonchev–Trinajstić information content (AvgIpc) is 2.39. The fourth-order valence-corrected chi connectivity index (χ4v) is 2.09. The Hall–Kier alpha value is -1.10. The highest BCUT2D eigenvalue weighted by Gasteiger charge is 2.22. The van der Waals surface area contributed by atoms with Gasteiger partial charge in [-0.3, -0.25) is 0 Å². The van der Waals surface area contributed by atoms with E-state index < -0.39 is 0 Å². The molecule has 1 atom stereocenters. The molecule has 1 fully saturated rings. The summed E-state index contributed by atoms with van der Waals surface area (Å²) in [5.74, 6) is 1.64. The van der Waals surface area contributed by atoms with Crippen molar-refractivity contribution in [1.29, 1.82) is 0 Å². The summed E-state index contributed by atoms with van der Waals surface area (Å²) >= 11 is 0. The van der Waals surface area contributed by atoms with Crippen LogP contribution < -0.4 is 15.8 Å². The van der Waals surface area contributed by atoms with E-state index >= 15 is 0 Å². The first-order valence-electron chi connectivity index (χ1n) is 6.32. The lowest BCUT2D eigenvalue weighted by atomic mass is 9.78. The van der Waals surface area contributed by atoms with Crippen molar-refractivity contribution in [3.63, 3.8) is 0 Å². The van der Waals surface area contributed by atoms with Gasteiger partial charge in [-0.1, -0.05) is 20.7 Å². The Morgan fingerprint density at radius 2 is 2.24 bits per heavy atom. The average molecular weight is 231 g/mol. The molecular weight excluding hydrogens is 211 g/mol. The molecule has 1 N–H and O–H groups in total. The lowest BCUT2D eigenvalue weighted by Crippen LogP contribution is -2.53. The Labute approximate surface area is 104 Å². The van der Waals surface area contributed by atoms with E-state index in [1.165, 1.54) is 0 Å². The zero-order chi connectivity index (χ0) is 12.3. The van der Waals surface area contributed by atoms with E-state index in [9.17, 15) is 0 Å². The second kappa shape index (κ2) is 5.49. The number of hydrogen-bond donors (Lipinski definition) is 1. The molecule has 5 heteroatoms. The molecular formula is C12H20BN4. The second-order valence-corrected chi connectivity index (χ2v) is 4.86. The van der Waals surface area contributed by atoms with Gasteiger partial charge in [0, 0.05) is 31.3 Å². The highest BCUT2D eigenvalue weighted by atomic mass is 15.3. The third-order valence-electron chi connectivity index (χ3n) is 3.30. The molecule has 1 unspecified atom stereocenters. The first-order valence-corrected chi connectivity index (χ1v) is 6.32. The van der Waals surface area contributed by atoms with Crippen molar-refractivity contribution in [3.05, 3.63) is 12.1 Å². The van der Waals surface area contributed by atoms with E-state index in [2.05, 4.69) is 40.3 Å². The van der Waals surface area contributed by atoms with Crippen molar-refractivity contribution < 1.29 is 0 Å². The summed E-state index contributed by atoms with van der Waals surface area (Å²) in [5, 5.41) is 12.0. The first-order chi connectivity index (χ1) is 8.20.